The Bertz CT molecular complexity index is 1770. The van der Waals surface area contributed by atoms with Crippen LogP contribution in [0.25, 0.3) is 32.1 Å². The molecule has 4 heterocycles. The van der Waals surface area contributed by atoms with Crippen molar-refractivity contribution in [2.24, 2.45) is 13.0 Å². The van der Waals surface area contributed by atoms with E-state index in [1.165, 1.54) is 11.3 Å². The van der Waals surface area contributed by atoms with Gasteiger partial charge in [0.1, 0.15) is 17.3 Å². The monoisotopic (exact) mass is 568 g/mol. The number of aromatic nitrogens is 2. The smallest absolute Gasteiger partial charge is 0.272 e. The number of nitrogens with two attached hydrogens (primary N) is 1. The lowest BCUT2D eigenvalue weighted by molar-refractivity contribution is 0.0945. The number of methoxy groups -OCH3 is 1. The third-order valence-electron chi connectivity index (χ3n) is 7.76. The lowest BCUT2D eigenvalue weighted by Crippen LogP contribution is -2.38. The molecule has 6 rings (SSSR count). The quantitative estimate of drug-likeness (QED) is 0.218. The number of para-hydroxylation sites is 1. The molecule has 1 fully saturated rings. The SMILES string of the molecule is COc1cc(-c2csc3c(C(=O)NCC4CCCNC4)cnc(N)c23)ccc1NC(=O)c1cc2ccccc2n1C. The van der Waals surface area contributed by atoms with Crippen molar-refractivity contribution < 1.29 is 14.3 Å². The molecular weight excluding hydrogens is 536 g/mol. The zero-order valence-electron chi connectivity index (χ0n) is 23.0. The highest BCUT2D eigenvalue weighted by molar-refractivity contribution is 7.18. The summed E-state index contributed by atoms with van der Waals surface area (Å²) in [5.74, 6) is 0.914. The number of aryl methyl sites for hydroxylation is 1. The van der Waals surface area contributed by atoms with Crippen molar-refractivity contribution in [3.05, 3.63) is 71.4 Å². The van der Waals surface area contributed by atoms with E-state index in [9.17, 15) is 9.59 Å². The van der Waals surface area contributed by atoms with Crippen LogP contribution in [-0.4, -0.2) is 48.1 Å². The molecule has 3 aromatic heterocycles. The second-order valence-corrected chi connectivity index (χ2v) is 11.2. The maximum Gasteiger partial charge on any atom is 0.272 e. The van der Waals surface area contributed by atoms with E-state index in [4.69, 9.17) is 10.5 Å². The average Bonchev–Trinajstić information content (AvgIpc) is 3.59. The number of carbonyl (C=O) groups is 2. The standard InChI is InChI=1S/C31H32N6O3S/c1-37-24-8-4-3-7-20(24)12-25(37)31(39)36-23-10-9-19(13-26(23)40-2)22-17-41-28-21(16-34-29(32)27(22)28)30(38)35-15-18-6-5-11-33-14-18/h3-4,7-10,12-13,16-18,33H,5-6,11,14-15H2,1-2H3,(H2,32,34)(H,35,38)(H,36,39). The van der Waals surface area contributed by atoms with Gasteiger partial charge in [-0.3, -0.25) is 9.59 Å². The summed E-state index contributed by atoms with van der Waals surface area (Å²) in [6, 6.07) is 15.3. The van der Waals surface area contributed by atoms with Gasteiger partial charge in [0.2, 0.25) is 0 Å². The molecule has 1 atom stereocenters. The van der Waals surface area contributed by atoms with E-state index in [0.717, 1.165) is 58.0 Å². The highest BCUT2D eigenvalue weighted by Gasteiger charge is 2.21. The summed E-state index contributed by atoms with van der Waals surface area (Å²) in [6.45, 7) is 2.57. The Morgan fingerprint density at radius 2 is 2.05 bits per heavy atom. The number of nitrogens with one attached hydrogen (secondary N) is 3. The third-order valence-corrected chi connectivity index (χ3v) is 8.78. The number of ether oxygens (including phenoxy) is 1. The molecule has 0 saturated carbocycles. The second kappa shape index (κ2) is 11.2. The molecule has 1 unspecified atom stereocenters. The minimum Gasteiger partial charge on any atom is -0.495 e. The van der Waals surface area contributed by atoms with Gasteiger partial charge in [-0.25, -0.2) is 4.98 Å². The van der Waals surface area contributed by atoms with Gasteiger partial charge in [-0.1, -0.05) is 24.3 Å². The van der Waals surface area contributed by atoms with Crippen LogP contribution in [0, 0.1) is 5.92 Å². The lowest BCUT2D eigenvalue weighted by atomic mass is 9.99. The summed E-state index contributed by atoms with van der Waals surface area (Å²) in [4.78, 5) is 30.7. The largest absolute Gasteiger partial charge is 0.495 e. The molecular formula is C31H32N6O3S. The normalized spacial score (nSPS) is 15.2. The number of fused-ring (bicyclic) bond motifs is 2. The minimum absolute atomic E-state index is 0.148. The van der Waals surface area contributed by atoms with Gasteiger partial charge in [0.25, 0.3) is 11.8 Å². The number of hydrogen-bond donors (Lipinski definition) is 4. The van der Waals surface area contributed by atoms with Crippen molar-refractivity contribution in [3.63, 3.8) is 0 Å². The molecule has 10 heteroatoms. The number of benzene rings is 2. The average molecular weight is 569 g/mol. The highest BCUT2D eigenvalue weighted by atomic mass is 32.1. The molecule has 2 aromatic carbocycles. The molecule has 0 aliphatic carbocycles. The number of nitrogen functional groups attached to an aromatic ring is 1. The van der Waals surface area contributed by atoms with Gasteiger partial charge >= 0.3 is 0 Å². The van der Waals surface area contributed by atoms with Crippen LogP contribution in [0.1, 0.15) is 33.7 Å². The fourth-order valence-electron chi connectivity index (χ4n) is 5.53. The van der Waals surface area contributed by atoms with Gasteiger partial charge in [0, 0.05) is 41.6 Å². The molecule has 9 nitrogen and oxygen atoms in total. The topological polar surface area (TPSA) is 123 Å². The Morgan fingerprint density at radius 3 is 2.83 bits per heavy atom. The van der Waals surface area contributed by atoms with E-state index in [0.29, 0.717) is 41.0 Å². The van der Waals surface area contributed by atoms with Gasteiger partial charge in [0.15, 0.2) is 0 Å². The predicted octanol–water partition coefficient (Wildman–Crippen LogP) is 5.03. The van der Waals surface area contributed by atoms with Crippen molar-refractivity contribution >= 4 is 55.6 Å². The molecule has 0 spiro atoms. The fraction of sp³-hybridized carbons (Fsp3) is 0.258. The van der Waals surface area contributed by atoms with Gasteiger partial charge in [-0.2, -0.15) is 0 Å². The first-order valence-corrected chi connectivity index (χ1v) is 14.5. The van der Waals surface area contributed by atoms with E-state index in [1.807, 2.05) is 65.5 Å². The van der Waals surface area contributed by atoms with E-state index < -0.39 is 0 Å². The van der Waals surface area contributed by atoms with Crippen LogP contribution in [-0.2, 0) is 7.05 Å². The van der Waals surface area contributed by atoms with Crippen LogP contribution < -0.4 is 26.4 Å². The van der Waals surface area contributed by atoms with Crippen LogP contribution >= 0.6 is 11.3 Å². The number of carbonyl (C=O) groups excluding carboxylic acids is 2. The van der Waals surface area contributed by atoms with Crippen LogP contribution in [0.4, 0.5) is 11.5 Å². The predicted molar refractivity (Wildman–Crippen MR) is 165 cm³/mol. The number of nitrogens with zero attached hydrogens (tertiary/aromatic N) is 2. The summed E-state index contributed by atoms with van der Waals surface area (Å²) < 4.78 is 8.33. The lowest BCUT2D eigenvalue weighted by Gasteiger charge is -2.22. The maximum absolute atomic E-state index is 13.2. The molecule has 0 bridgehead atoms. The first-order chi connectivity index (χ1) is 19.9. The number of hydrogen-bond acceptors (Lipinski definition) is 7. The van der Waals surface area contributed by atoms with E-state index in [2.05, 4.69) is 20.9 Å². The number of rotatable bonds is 7. The van der Waals surface area contributed by atoms with E-state index in [1.54, 1.807) is 13.3 Å². The fourth-order valence-corrected chi connectivity index (χ4v) is 6.62. The Morgan fingerprint density at radius 1 is 1.20 bits per heavy atom. The number of pyridine rings is 1. The van der Waals surface area contributed by atoms with Crippen molar-refractivity contribution in [2.45, 2.75) is 12.8 Å². The molecule has 0 radical (unpaired) electrons. The van der Waals surface area contributed by atoms with Crippen molar-refractivity contribution in [3.8, 4) is 16.9 Å². The summed E-state index contributed by atoms with van der Waals surface area (Å²) in [5, 5.41) is 13.2. The molecule has 1 aliphatic heterocycles. The molecule has 2 amide bonds. The van der Waals surface area contributed by atoms with Crippen LogP contribution in [0.2, 0.25) is 0 Å². The van der Waals surface area contributed by atoms with Crippen LogP contribution in [0.3, 0.4) is 0 Å². The number of amides is 2. The van der Waals surface area contributed by atoms with Crippen LogP contribution in [0.15, 0.2) is 60.1 Å². The molecule has 41 heavy (non-hydrogen) atoms. The van der Waals surface area contributed by atoms with Crippen molar-refractivity contribution in [1.29, 1.82) is 0 Å². The first kappa shape index (κ1) is 26.8. The van der Waals surface area contributed by atoms with Crippen molar-refractivity contribution in [1.82, 2.24) is 20.2 Å². The molecule has 210 valence electrons. The maximum atomic E-state index is 13.2. The van der Waals surface area contributed by atoms with E-state index in [-0.39, 0.29) is 11.8 Å². The summed E-state index contributed by atoms with van der Waals surface area (Å²) in [7, 11) is 3.44. The zero-order valence-corrected chi connectivity index (χ0v) is 23.8. The van der Waals surface area contributed by atoms with Gasteiger partial charge < -0.3 is 31.0 Å². The second-order valence-electron chi connectivity index (χ2n) is 10.3. The molecule has 1 aliphatic rings. The Hall–Kier alpha value is -4.41. The van der Waals surface area contributed by atoms with E-state index >= 15 is 0 Å². The summed E-state index contributed by atoms with van der Waals surface area (Å²) >= 11 is 1.46. The van der Waals surface area contributed by atoms with Crippen molar-refractivity contribution in [2.75, 3.05) is 37.8 Å². The van der Waals surface area contributed by atoms with Crippen LogP contribution in [0.5, 0.6) is 5.75 Å². The Balaban J connectivity index is 1.27. The molecule has 1 saturated heterocycles. The van der Waals surface area contributed by atoms with Gasteiger partial charge in [-0.15, -0.1) is 11.3 Å². The van der Waals surface area contributed by atoms with Gasteiger partial charge in [0.05, 0.1) is 23.1 Å². The number of thiophene rings is 1. The highest BCUT2D eigenvalue weighted by Crippen LogP contribution is 2.41. The first-order valence-electron chi connectivity index (χ1n) is 13.6. The van der Waals surface area contributed by atoms with Gasteiger partial charge in [-0.05, 0) is 67.1 Å². The molecule has 5 N–H and O–H groups in total. The minimum atomic E-state index is -0.233. The summed E-state index contributed by atoms with van der Waals surface area (Å²) in [6.07, 6.45) is 3.78. The Kier molecular flexibility index (Phi) is 7.34. The number of piperidine rings is 1. The Labute approximate surface area is 241 Å². The summed E-state index contributed by atoms with van der Waals surface area (Å²) in [5.41, 5.74) is 10.6. The molecule has 5 aromatic rings. The third kappa shape index (κ3) is 5.12. The zero-order chi connectivity index (χ0) is 28.5. The number of anilines is 2.